The molecule has 0 amide bonds. The third-order valence-corrected chi connectivity index (χ3v) is 3.73. The summed E-state index contributed by atoms with van der Waals surface area (Å²) in [4.78, 5) is 21.1. The zero-order valence-electron chi connectivity index (χ0n) is 13.1. The van der Waals surface area contributed by atoms with E-state index in [-0.39, 0.29) is 11.7 Å². The summed E-state index contributed by atoms with van der Waals surface area (Å²) in [5.74, 6) is 0.630. The molecule has 0 aliphatic carbocycles. The second-order valence-corrected chi connectivity index (χ2v) is 5.27. The number of hydrogen-bond acceptors (Lipinski definition) is 5. The fourth-order valence-electron chi connectivity index (χ4n) is 2.53. The van der Waals surface area contributed by atoms with Crippen molar-refractivity contribution in [2.45, 2.75) is 13.0 Å². The molecule has 0 radical (unpaired) electrons. The minimum Gasteiger partial charge on any atom is -0.318 e. The van der Waals surface area contributed by atoms with Gasteiger partial charge >= 0.3 is 0 Å². The maximum atomic E-state index is 10.8. The van der Waals surface area contributed by atoms with E-state index >= 15 is 0 Å². The van der Waals surface area contributed by atoms with Gasteiger partial charge in [-0.3, -0.25) is 15.1 Å². The van der Waals surface area contributed by atoms with Crippen LogP contribution in [-0.4, -0.2) is 14.9 Å². The van der Waals surface area contributed by atoms with Gasteiger partial charge in [-0.2, -0.15) is 0 Å². The molecule has 0 aliphatic heterocycles. The highest BCUT2D eigenvalue weighted by Gasteiger charge is 2.21. The fourth-order valence-corrected chi connectivity index (χ4v) is 2.53. The maximum absolute atomic E-state index is 10.8. The van der Waals surface area contributed by atoms with Crippen LogP contribution in [0.1, 0.15) is 18.7 Å². The Bertz CT molecular complexity index is 807. The lowest BCUT2D eigenvalue weighted by Crippen LogP contribution is -2.23. The number of nitrogens with zero attached hydrogens (tertiary/aromatic N) is 4. The highest BCUT2D eigenvalue weighted by atomic mass is 16.6. The van der Waals surface area contributed by atoms with Crippen molar-refractivity contribution >= 4 is 17.2 Å². The molecule has 0 fully saturated rings. The van der Waals surface area contributed by atoms with E-state index in [0.29, 0.717) is 5.82 Å². The third kappa shape index (κ3) is 3.22. The van der Waals surface area contributed by atoms with E-state index in [4.69, 9.17) is 0 Å². The van der Waals surface area contributed by atoms with Gasteiger partial charge in [-0.1, -0.05) is 24.3 Å². The Morgan fingerprint density at radius 2 is 1.75 bits per heavy atom. The zero-order valence-corrected chi connectivity index (χ0v) is 13.1. The van der Waals surface area contributed by atoms with Crippen LogP contribution in [0.15, 0.2) is 73.1 Å². The van der Waals surface area contributed by atoms with Crippen LogP contribution >= 0.6 is 0 Å². The molecule has 0 saturated carbocycles. The second kappa shape index (κ2) is 6.87. The standard InChI is InChI=1S/C18H16N4O2/c1-14(17-9-5-6-12-19-17)21(15-7-3-2-4-8-15)18-11-10-16(13-20-18)22(23)24/h2-14H,1H3. The molecule has 120 valence electrons. The Morgan fingerprint density at radius 1 is 1.00 bits per heavy atom. The molecule has 0 aliphatic rings. The summed E-state index contributed by atoms with van der Waals surface area (Å²) in [5.41, 5.74) is 1.80. The van der Waals surface area contributed by atoms with E-state index in [1.165, 1.54) is 12.3 Å². The highest BCUT2D eigenvalue weighted by molar-refractivity contribution is 5.62. The number of benzene rings is 1. The summed E-state index contributed by atoms with van der Waals surface area (Å²) >= 11 is 0. The van der Waals surface area contributed by atoms with E-state index in [1.54, 1.807) is 12.3 Å². The number of pyridine rings is 2. The summed E-state index contributed by atoms with van der Waals surface area (Å²) in [6, 6.07) is 18.6. The molecule has 3 rings (SSSR count). The maximum Gasteiger partial charge on any atom is 0.287 e. The Balaban J connectivity index is 2.04. The van der Waals surface area contributed by atoms with Gasteiger partial charge in [0.15, 0.2) is 0 Å². The lowest BCUT2D eigenvalue weighted by Gasteiger charge is -2.30. The summed E-state index contributed by atoms with van der Waals surface area (Å²) in [7, 11) is 0. The van der Waals surface area contributed by atoms with E-state index in [2.05, 4.69) is 9.97 Å². The first-order chi connectivity index (χ1) is 11.7. The lowest BCUT2D eigenvalue weighted by molar-refractivity contribution is -0.385. The first-order valence-electron chi connectivity index (χ1n) is 7.52. The van der Waals surface area contributed by atoms with E-state index in [1.807, 2.05) is 60.4 Å². The van der Waals surface area contributed by atoms with Crippen LogP contribution in [0.3, 0.4) is 0 Å². The lowest BCUT2D eigenvalue weighted by atomic mass is 10.1. The summed E-state index contributed by atoms with van der Waals surface area (Å²) < 4.78 is 0. The minimum atomic E-state index is -0.453. The Kier molecular flexibility index (Phi) is 4.47. The average molecular weight is 320 g/mol. The predicted octanol–water partition coefficient (Wildman–Crippen LogP) is 4.28. The molecule has 6 nitrogen and oxygen atoms in total. The molecule has 6 heteroatoms. The van der Waals surface area contributed by atoms with Gasteiger partial charge in [0, 0.05) is 18.0 Å². The van der Waals surface area contributed by atoms with Gasteiger partial charge in [-0.15, -0.1) is 0 Å². The molecule has 3 aromatic rings. The molecule has 0 spiro atoms. The van der Waals surface area contributed by atoms with Crippen molar-refractivity contribution in [2.24, 2.45) is 0 Å². The Labute approximate surface area is 139 Å². The number of anilines is 2. The van der Waals surface area contributed by atoms with Gasteiger partial charge in [0.25, 0.3) is 5.69 Å². The van der Waals surface area contributed by atoms with Gasteiger partial charge in [-0.25, -0.2) is 4.98 Å². The molecule has 2 aromatic heterocycles. The van der Waals surface area contributed by atoms with Crippen LogP contribution in [-0.2, 0) is 0 Å². The molecule has 1 aromatic carbocycles. The van der Waals surface area contributed by atoms with Gasteiger partial charge in [0.05, 0.1) is 16.7 Å². The molecule has 0 bridgehead atoms. The molecular weight excluding hydrogens is 304 g/mol. The minimum absolute atomic E-state index is 0.0303. The van der Waals surface area contributed by atoms with Gasteiger partial charge < -0.3 is 4.90 Å². The molecule has 0 N–H and O–H groups in total. The third-order valence-electron chi connectivity index (χ3n) is 3.73. The van der Waals surface area contributed by atoms with E-state index in [9.17, 15) is 10.1 Å². The zero-order chi connectivity index (χ0) is 16.9. The molecule has 1 unspecified atom stereocenters. The fraction of sp³-hybridized carbons (Fsp3) is 0.111. The average Bonchev–Trinajstić information content (AvgIpc) is 2.64. The summed E-state index contributed by atoms with van der Waals surface area (Å²) in [6.45, 7) is 2.03. The second-order valence-electron chi connectivity index (χ2n) is 5.27. The molecule has 1 atom stereocenters. The van der Waals surface area contributed by atoms with Crippen molar-refractivity contribution in [3.63, 3.8) is 0 Å². The predicted molar refractivity (Wildman–Crippen MR) is 92.1 cm³/mol. The van der Waals surface area contributed by atoms with Gasteiger partial charge in [0.1, 0.15) is 12.0 Å². The number of nitro groups is 1. The quantitative estimate of drug-likeness (QED) is 0.518. The first-order valence-corrected chi connectivity index (χ1v) is 7.52. The van der Waals surface area contributed by atoms with E-state index < -0.39 is 4.92 Å². The van der Waals surface area contributed by atoms with Crippen LogP contribution < -0.4 is 4.90 Å². The molecule has 0 saturated heterocycles. The largest absolute Gasteiger partial charge is 0.318 e. The van der Waals surface area contributed by atoms with Crippen molar-refractivity contribution < 1.29 is 4.92 Å². The van der Waals surface area contributed by atoms with Crippen LogP contribution in [0.2, 0.25) is 0 Å². The van der Waals surface area contributed by atoms with Gasteiger partial charge in [-0.05, 0) is 37.3 Å². The molecular formula is C18H16N4O2. The summed E-state index contributed by atoms with van der Waals surface area (Å²) in [6.07, 6.45) is 3.02. The number of hydrogen-bond donors (Lipinski definition) is 0. The summed E-state index contributed by atoms with van der Waals surface area (Å²) in [5, 5.41) is 10.8. The number of rotatable bonds is 5. The van der Waals surface area contributed by atoms with Crippen molar-refractivity contribution in [3.05, 3.63) is 88.9 Å². The molecule has 2 heterocycles. The Hall–Kier alpha value is -3.28. The van der Waals surface area contributed by atoms with Crippen molar-refractivity contribution in [1.82, 2.24) is 9.97 Å². The molecule has 24 heavy (non-hydrogen) atoms. The monoisotopic (exact) mass is 320 g/mol. The van der Waals surface area contributed by atoms with Crippen molar-refractivity contribution in [1.29, 1.82) is 0 Å². The smallest absolute Gasteiger partial charge is 0.287 e. The topological polar surface area (TPSA) is 72.2 Å². The highest BCUT2D eigenvalue weighted by Crippen LogP contribution is 2.33. The van der Waals surface area contributed by atoms with Crippen molar-refractivity contribution in [3.8, 4) is 0 Å². The Morgan fingerprint density at radius 3 is 2.33 bits per heavy atom. The van der Waals surface area contributed by atoms with Crippen molar-refractivity contribution in [2.75, 3.05) is 4.90 Å². The van der Waals surface area contributed by atoms with Crippen LogP contribution in [0, 0.1) is 10.1 Å². The van der Waals surface area contributed by atoms with Gasteiger partial charge in [0.2, 0.25) is 0 Å². The number of aromatic nitrogens is 2. The van der Waals surface area contributed by atoms with Crippen LogP contribution in [0.25, 0.3) is 0 Å². The SMILES string of the molecule is CC(c1ccccn1)N(c1ccccc1)c1ccc([N+](=O)[O-])cn1. The van der Waals surface area contributed by atoms with Crippen LogP contribution in [0.5, 0.6) is 0 Å². The normalized spacial score (nSPS) is 11.7. The van der Waals surface area contributed by atoms with E-state index in [0.717, 1.165) is 11.4 Å². The first kappa shape index (κ1) is 15.6. The van der Waals surface area contributed by atoms with Crippen LogP contribution in [0.4, 0.5) is 17.2 Å². The number of para-hydroxylation sites is 1.